The van der Waals surface area contributed by atoms with E-state index >= 15 is 0 Å². The van der Waals surface area contributed by atoms with Gasteiger partial charge >= 0.3 is 0 Å². The number of hydrogen-bond donors (Lipinski definition) is 2. The van der Waals surface area contributed by atoms with Gasteiger partial charge in [0.25, 0.3) is 0 Å². The van der Waals surface area contributed by atoms with Crippen molar-refractivity contribution in [3.63, 3.8) is 0 Å². The predicted molar refractivity (Wildman–Crippen MR) is 59.8 cm³/mol. The Balaban J connectivity index is 0.000000165. The molecule has 0 aromatic rings. The van der Waals surface area contributed by atoms with Crippen LogP contribution in [0.15, 0.2) is 0 Å². The molecule has 0 spiro atoms. The third kappa shape index (κ3) is 1.82. The lowest BCUT2D eigenvalue weighted by Gasteiger charge is -2.23. The van der Waals surface area contributed by atoms with Gasteiger partial charge in [-0.2, -0.15) is 0 Å². The summed E-state index contributed by atoms with van der Waals surface area (Å²) in [4.78, 5) is 0. The fourth-order valence-electron chi connectivity index (χ4n) is 4.02. The van der Waals surface area contributed by atoms with Gasteiger partial charge in [0.1, 0.15) is 0 Å². The average molecular weight is 196 g/mol. The molecule has 0 aliphatic heterocycles. The van der Waals surface area contributed by atoms with Crippen LogP contribution in [0.1, 0.15) is 38.5 Å². The van der Waals surface area contributed by atoms with Gasteiger partial charge in [-0.1, -0.05) is 6.42 Å². The molecule has 3 aliphatic carbocycles. The van der Waals surface area contributed by atoms with Crippen LogP contribution in [-0.4, -0.2) is 13.1 Å². The molecule has 14 heavy (non-hydrogen) atoms. The van der Waals surface area contributed by atoms with Gasteiger partial charge in [0.05, 0.1) is 0 Å². The molecule has 0 heterocycles. The molecule has 4 unspecified atom stereocenters. The first kappa shape index (κ1) is 10.4. The standard InChI is InChI=1S/C10H16.C2H8N2/c1-2-9-7-4-5-8(6-7)10(9)3-1;3-1-2-4/h7-10H,1-6H2;1-4H2. The van der Waals surface area contributed by atoms with Crippen LogP contribution < -0.4 is 11.5 Å². The third-order valence-corrected chi connectivity index (χ3v) is 4.52. The van der Waals surface area contributed by atoms with Crippen molar-refractivity contribution in [1.82, 2.24) is 0 Å². The van der Waals surface area contributed by atoms with Crippen LogP contribution in [0.4, 0.5) is 0 Å². The molecule has 4 atom stereocenters. The van der Waals surface area contributed by atoms with E-state index in [1.807, 2.05) is 0 Å². The van der Waals surface area contributed by atoms with Crippen LogP contribution >= 0.6 is 0 Å². The summed E-state index contributed by atoms with van der Waals surface area (Å²) in [6.45, 7) is 1.19. The van der Waals surface area contributed by atoms with Crippen LogP contribution in [0, 0.1) is 23.7 Å². The van der Waals surface area contributed by atoms with Gasteiger partial charge in [-0.05, 0) is 55.8 Å². The molecule has 2 heteroatoms. The zero-order valence-corrected chi connectivity index (χ0v) is 9.12. The second-order valence-electron chi connectivity index (χ2n) is 5.17. The molecule has 3 aliphatic rings. The van der Waals surface area contributed by atoms with Crippen LogP contribution in [0.5, 0.6) is 0 Å². The number of nitrogens with two attached hydrogens (primary N) is 2. The molecule has 3 saturated carbocycles. The molecule has 0 aromatic heterocycles. The number of fused-ring (bicyclic) bond motifs is 5. The summed E-state index contributed by atoms with van der Waals surface area (Å²) in [5, 5.41) is 0. The molecule has 0 amide bonds. The van der Waals surface area contributed by atoms with E-state index in [2.05, 4.69) is 0 Å². The van der Waals surface area contributed by atoms with E-state index in [1.54, 1.807) is 38.5 Å². The highest BCUT2D eigenvalue weighted by Gasteiger charge is 2.48. The molecular formula is C12H24N2. The minimum atomic E-state index is 0.597. The molecule has 0 saturated heterocycles. The van der Waals surface area contributed by atoms with Crippen molar-refractivity contribution in [3.05, 3.63) is 0 Å². The van der Waals surface area contributed by atoms with E-state index in [-0.39, 0.29) is 0 Å². The molecule has 2 nitrogen and oxygen atoms in total. The third-order valence-electron chi connectivity index (χ3n) is 4.52. The van der Waals surface area contributed by atoms with Crippen molar-refractivity contribution in [3.8, 4) is 0 Å². The summed E-state index contributed by atoms with van der Waals surface area (Å²) < 4.78 is 0. The highest BCUT2D eigenvalue weighted by molar-refractivity contribution is 4.98. The van der Waals surface area contributed by atoms with E-state index in [1.165, 1.54) is 23.7 Å². The fourth-order valence-corrected chi connectivity index (χ4v) is 4.02. The van der Waals surface area contributed by atoms with Gasteiger partial charge < -0.3 is 11.5 Å². The second-order valence-corrected chi connectivity index (χ2v) is 5.17. The second kappa shape index (κ2) is 4.63. The minimum Gasteiger partial charge on any atom is -0.329 e. The maximum atomic E-state index is 4.90. The predicted octanol–water partition coefficient (Wildman–Crippen LogP) is 1.74. The average Bonchev–Trinajstić information content (AvgIpc) is 2.90. The van der Waals surface area contributed by atoms with Gasteiger partial charge in [0.15, 0.2) is 0 Å². The lowest BCUT2D eigenvalue weighted by Crippen LogP contribution is -2.15. The van der Waals surface area contributed by atoms with Crippen molar-refractivity contribution in [2.45, 2.75) is 38.5 Å². The Morgan fingerprint density at radius 2 is 1.29 bits per heavy atom. The highest BCUT2D eigenvalue weighted by atomic mass is 14.6. The Labute approximate surface area is 87.4 Å². The van der Waals surface area contributed by atoms with E-state index in [4.69, 9.17) is 11.5 Å². The summed E-state index contributed by atoms with van der Waals surface area (Å²) in [6, 6.07) is 0. The maximum absolute atomic E-state index is 4.90. The Hall–Kier alpha value is -0.0800. The Kier molecular flexibility index (Phi) is 3.45. The van der Waals surface area contributed by atoms with Crippen LogP contribution in [0.3, 0.4) is 0 Å². The summed E-state index contributed by atoms with van der Waals surface area (Å²) in [5.74, 6) is 4.80. The number of hydrogen-bond acceptors (Lipinski definition) is 2. The van der Waals surface area contributed by atoms with E-state index in [0.717, 1.165) is 0 Å². The first-order valence-electron chi connectivity index (χ1n) is 6.27. The number of rotatable bonds is 1. The van der Waals surface area contributed by atoms with Crippen molar-refractivity contribution < 1.29 is 0 Å². The molecular weight excluding hydrogens is 172 g/mol. The first-order valence-corrected chi connectivity index (χ1v) is 6.27. The summed E-state index contributed by atoms with van der Waals surface area (Å²) in [7, 11) is 0. The van der Waals surface area contributed by atoms with E-state index < -0.39 is 0 Å². The topological polar surface area (TPSA) is 52.0 Å². The van der Waals surface area contributed by atoms with Gasteiger partial charge in [0, 0.05) is 13.1 Å². The first-order chi connectivity index (χ1) is 6.86. The normalized spacial score (nSPS) is 43.3. The fraction of sp³-hybridized carbons (Fsp3) is 1.00. The van der Waals surface area contributed by atoms with Crippen LogP contribution in [0.25, 0.3) is 0 Å². The van der Waals surface area contributed by atoms with Gasteiger partial charge in [-0.3, -0.25) is 0 Å². The van der Waals surface area contributed by atoms with Crippen LogP contribution in [0.2, 0.25) is 0 Å². The zero-order chi connectivity index (χ0) is 9.97. The maximum Gasteiger partial charge on any atom is 0.00461 e. The molecule has 0 aromatic carbocycles. The Morgan fingerprint density at radius 1 is 0.786 bits per heavy atom. The molecule has 4 N–H and O–H groups in total. The van der Waals surface area contributed by atoms with E-state index in [0.29, 0.717) is 13.1 Å². The van der Waals surface area contributed by atoms with Crippen LogP contribution in [-0.2, 0) is 0 Å². The molecule has 3 fully saturated rings. The SMILES string of the molecule is C1CC2C3CCC(C3)C2C1.NCCN. The minimum absolute atomic E-state index is 0.597. The van der Waals surface area contributed by atoms with Crippen molar-refractivity contribution in [1.29, 1.82) is 0 Å². The summed E-state index contributed by atoms with van der Waals surface area (Å²) in [6.07, 6.45) is 9.53. The van der Waals surface area contributed by atoms with Gasteiger partial charge in [-0.25, -0.2) is 0 Å². The monoisotopic (exact) mass is 196 g/mol. The largest absolute Gasteiger partial charge is 0.329 e. The molecule has 0 radical (unpaired) electrons. The highest BCUT2D eigenvalue weighted by Crippen LogP contribution is 2.58. The zero-order valence-electron chi connectivity index (χ0n) is 9.12. The lowest BCUT2D eigenvalue weighted by atomic mass is 9.82. The van der Waals surface area contributed by atoms with Gasteiger partial charge in [0.2, 0.25) is 0 Å². The van der Waals surface area contributed by atoms with Crippen molar-refractivity contribution in [2.24, 2.45) is 35.1 Å². The molecule has 82 valence electrons. The summed E-state index contributed by atoms with van der Waals surface area (Å²) in [5.41, 5.74) is 9.81. The quantitative estimate of drug-likeness (QED) is 0.671. The van der Waals surface area contributed by atoms with E-state index in [9.17, 15) is 0 Å². The van der Waals surface area contributed by atoms with Crippen molar-refractivity contribution in [2.75, 3.05) is 13.1 Å². The molecule has 2 bridgehead atoms. The Bertz CT molecular complexity index is 163. The molecule has 3 rings (SSSR count). The lowest BCUT2D eigenvalue weighted by molar-refractivity contribution is 0.259. The summed E-state index contributed by atoms with van der Waals surface area (Å²) >= 11 is 0. The van der Waals surface area contributed by atoms with Crippen molar-refractivity contribution >= 4 is 0 Å². The van der Waals surface area contributed by atoms with Gasteiger partial charge in [-0.15, -0.1) is 0 Å². The smallest absolute Gasteiger partial charge is 0.00461 e. The Morgan fingerprint density at radius 3 is 1.71 bits per heavy atom.